The molecule has 0 saturated carbocycles. The average molecular weight is 219 g/mol. The number of aromatic amines is 1. The highest BCUT2D eigenvalue weighted by Gasteiger charge is 1.99. The SMILES string of the molecule is CCn1cc(CNCc2cc(C)[nH]n2)cn1. The molecule has 0 bridgehead atoms. The molecule has 2 heterocycles. The lowest BCUT2D eigenvalue weighted by atomic mass is 10.3. The number of aryl methyl sites for hydroxylation is 2. The van der Waals surface area contributed by atoms with Gasteiger partial charge in [0.1, 0.15) is 0 Å². The first-order valence-electron chi connectivity index (χ1n) is 5.51. The van der Waals surface area contributed by atoms with E-state index in [0.29, 0.717) is 0 Å². The van der Waals surface area contributed by atoms with E-state index in [0.717, 1.165) is 31.0 Å². The highest BCUT2D eigenvalue weighted by atomic mass is 15.3. The molecule has 0 unspecified atom stereocenters. The molecule has 0 saturated heterocycles. The summed E-state index contributed by atoms with van der Waals surface area (Å²) in [6.45, 7) is 6.60. The monoisotopic (exact) mass is 219 g/mol. The molecule has 0 aromatic carbocycles. The van der Waals surface area contributed by atoms with Crippen LogP contribution < -0.4 is 5.32 Å². The van der Waals surface area contributed by atoms with E-state index < -0.39 is 0 Å². The second kappa shape index (κ2) is 4.94. The summed E-state index contributed by atoms with van der Waals surface area (Å²) in [5.74, 6) is 0. The first kappa shape index (κ1) is 10.9. The third kappa shape index (κ3) is 2.70. The van der Waals surface area contributed by atoms with Crippen LogP contribution in [-0.2, 0) is 19.6 Å². The van der Waals surface area contributed by atoms with Crippen LogP contribution in [-0.4, -0.2) is 20.0 Å². The molecule has 0 aliphatic rings. The molecule has 0 amide bonds. The molecule has 86 valence electrons. The van der Waals surface area contributed by atoms with Crippen molar-refractivity contribution in [2.75, 3.05) is 0 Å². The molecule has 2 N–H and O–H groups in total. The van der Waals surface area contributed by atoms with Crippen LogP contribution in [0.2, 0.25) is 0 Å². The van der Waals surface area contributed by atoms with Crippen molar-refractivity contribution in [3.63, 3.8) is 0 Å². The minimum Gasteiger partial charge on any atom is -0.307 e. The van der Waals surface area contributed by atoms with Crippen molar-refractivity contribution in [3.05, 3.63) is 35.4 Å². The number of hydrogen-bond acceptors (Lipinski definition) is 3. The minimum absolute atomic E-state index is 0.779. The molecular weight excluding hydrogens is 202 g/mol. The molecule has 5 heteroatoms. The van der Waals surface area contributed by atoms with Crippen molar-refractivity contribution in [2.24, 2.45) is 0 Å². The van der Waals surface area contributed by atoms with Crippen molar-refractivity contribution < 1.29 is 0 Å². The van der Waals surface area contributed by atoms with Crippen molar-refractivity contribution in [3.8, 4) is 0 Å². The first-order valence-corrected chi connectivity index (χ1v) is 5.51. The van der Waals surface area contributed by atoms with Crippen LogP contribution in [0.5, 0.6) is 0 Å². The number of nitrogens with one attached hydrogen (secondary N) is 2. The molecule has 0 radical (unpaired) electrons. The van der Waals surface area contributed by atoms with Gasteiger partial charge in [0.25, 0.3) is 0 Å². The molecule has 0 spiro atoms. The second-order valence-corrected chi connectivity index (χ2v) is 3.85. The number of nitrogens with zero attached hydrogens (tertiary/aromatic N) is 3. The van der Waals surface area contributed by atoms with Crippen LogP contribution in [0, 0.1) is 6.92 Å². The van der Waals surface area contributed by atoms with Crippen LogP contribution in [0.15, 0.2) is 18.5 Å². The Hall–Kier alpha value is -1.62. The summed E-state index contributed by atoms with van der Waals surface area (Å²) < 4.78 is 1.93. The summed E-state index contributed by atoms with van der Waals surface area (Å²) in [4.78, 5) is 0. The number of H-pyrrole nitrogens is 1. The third-order valence-corrected chi connectivity index (χ3v) is 2.40. The van der Waals surface area contributed by atoms with E-state index in [1.807, 2.05) is 23.9 Å². The molecule has 2 aromatic heterocycles. The zero-order valence-electron chi connectivity index (χ0n) is 9.70. The van der Waals surface area contributed by atoms with Gasteiger partial charge in [0.2, 0.25) is 0 Å². The molecular formula is C11H17N5. The number of hydrogen-bond donors (Lipinski definition) is 2. The Morgan fingerprint density at radius 2 is 2.31 bits per heavy atom. The van der Waals surface area contributed by atoms with Gasteiger partial charge in [-0.25, -0.2) is 0 Å². The van der Waals surface area contributed by atoms with Gasteiger partial charge in [-0.15, -0.1) is 0 Å². The van der Waals surface area contributed by atoms with Gasteiger partial charge < -0.3 is 5.32 Å². The second-order valence-electron chi connectivity index (χ2n) is 3.85. The smallest absolute Gasteiger partial charge is 0.0762 e. The maximum atomic E-state index is 4.22. The Morgan fingerprint density at radius 3 is 2.94 bits per heavy atom. The van der Waals surface area contributed by atoms with Gasteiger partial charge in [-0.05, 0) is 19.9 Å². The predicted octanol–water partition coefficient (Wildman–Crippen LogP) is 1.22. The molecule has 0 aliphatic heterocycles. The predicted molar refractivity (Wildman–Crippen MR) is 61.8 cm³/mol. The van der Waals surface area contributed by atoms with Gasteiger partial charge in [-0.3, -0.25) is 9.78 Å². The van der Waals surface area contributed by atoms with Crippen molar-refractivity contribution in [1.29, 1.82) is 0 Å². The van der Waals surface area contributed by atoms with E-state index in [2.05, 4.69) is 33.7 Å². The van der Waals surface area contributed by atoms with Crippen LogP contribution in [0.4, 0.5) is 0 Å². The number of aromatic nitrogens is 4. The summed E-state index contributed by atoms with van der Waals surface area (Å²) >= 11 is 0. The Kier molecular flexibility index (Phi) is 3.36. The Labute approximate surface area is 94.9 Å². The standard InChI is InChI=1S/C11H17N5/c1-3-16-8-10(6-13-16)5-12-7-11-4-9(2)14-15-11/h4,6,8,12H,3,5,7H2,1-2H3,(H,14,15). The van der Waals surface area contributed by atoms with Gasteiger partial charge in [0.15, 0.2) is 0 Å². The normalized spacial score (nSPS) is 10.9. The highest BCUT2D eigenvalue weighted by molar-refractivity contribution is 5.07. The summed E-state index contributed by atoms with van der Waals surface area (Å²) in [7, 11) is 0. The highest BCUT2D eigenvalue weighted by Crippen LogP contribution is 2.00. The van der Waals surface area contributed by atoms with E-state index >= 15 is 0 Å². The van der Waals surface area contributed by atoms with Gasteiger partial charge in [0.05, 0.1) is 11.9 Å². The lowest BCUT2D eigenvalue weighted by molar-refractivity contribution is 0.653. The lowest BCUT2D eigenvalue weighted by Crippen LogP contribution is -2.12. The maximum Gasteiger partial charge on any atom is 0.0762 e. The molecule has 16 heavy (non-hydrogen) atoms. The van der Waals surface area contributed by atoms with E-state index in [1.54, 1.807) is 0 Å². The fourth-order valence-electron chi connectivity index (χ4n) is 1.57. The van der Waals surface area contributed by atoms with Crippen molar-refractivity contribution in [1.82, 2.24) is 25.3 Å². The van der Waals surface area contributed by atoms with E-state index in [-0.39, 0.29) is 0 Å². The lowest BCUT2D eigenvalue weighted by Gasteiger charge is -1.99. The van der Waals surface area contributed by atoms with Crippen LogP contribution in [0.25, 0.3) is 0 Å². The van der Waals surface area contributed by atoms with Gasteiger partial charge in [-0.2, -0.15) is 10.2 Å². The van der Waals surface area contributed by atoms with Crippen LogP contribution >= 0.6 is 0 Å². The Morgan fingerprint density at radius 1 is 1.44 bits per heavy atom. The van der Waals surface area contributed by atoms with Crippen LogP contribution in [0.1, 0.15) is 23.9 Å². The summed E-state index contributed by atoms with van der Waals surface area (Å²) in [5, 5.41) is 14.6. The Balaban J connectivity index is 1.79. The van der Waals surface area contributed by atoms with Gasteiger partial charge in [0, 0.05) is 37.1 Å². The topological polar surface area (TPSA) is 58.5 Å². The van der Waals surface area contributed by atoms with Gasteiger partial charge in [-0.1, -0.05) is 0 Å². The Bertz CT molecular complexity index is 443. The van der Waals surface area contributed by atoms with Crippen molar-refractivity contribution >= 4 is 0 Å². The fraction of sp³-hybridized carbons (Fsp3) is 0.455. The largest absolute Gasteiger partial charge is 0.307 e. The molecule has 0 aliphatic carbocycles. The minimum atomic E-state index is 0.779. The zero-order valence-corrected chi connectivity index (χ0v) is 9.70. The molecule has 0 fully saturated rings. The van der Waals surface area contributed by atoms with E-state index in [9.17, 15) is 0 Å². The third-order valence-electron chi connectivity index (χ3n) is 2.40. The summed E-state index contributed by atoms with van der Waals surface area (Å²) in [6.07, 6.45) is 3.95. The molecule has 0 atom stereocenters. The molecule has 5 nitrogen and oxygen atoms in total. The van der Waals surface area contributed by atoms with Gasteiger partial charge >= 0.3 is 0 Å². The quantitative estimate of drug-likeness (QED) is 0.795. The average Bonchev–Trinajstić information content (AvgIpc) is 2.88. The number of rotatable bonds is 5. The van der Waals surface area contributed by atoms with E-state index in [4.69, 9.17) is 0 Å². The summed E-state index contributed by atoms with van der Waals surface area (Å²) in [5.41, 5.74) is 3.34. The van der Waals surface area contributed by atoms with Crippen LogP contribution in [0.3, 0.4) is 0 Å². The maximum absolute atomic E-state index is 4.22. The van der Waals surface area contributed by atoms with E-state index in [1.165, 1.54) is 5.56 Å². The zero-order chi connectivity index (χ0) is 11.4. The van der Waals surface area contributed by atoms with Crippen molar-refractivity contribution in [2.45, 2.75) is 33.5 Å². The molecule has 2 rings (SSSR count). The molecule has 2 aromatic rings. The fourth-order valence-corrected chi connectivity index (χ4v) is 1.57. The summed E-state index contributed by atoms with van der Waals surface area (Å²) in [6, 6.07) is 2.04. The first-order chi connectivity index (χ1) is 7.78.